The van der Waals surface area contributed by atoms with Crippen LogP contribution in [0.1, 0.15) is 39.7 Å². The smallest absolute Gasteiger partial charge is 0.275 e. The van der Waals surface area contributed by atoms with E-state index in [1.165, 1.54) is 11.3 Å². The number of hydrogen-bond donors (Lipinski definition) is 2. The van der Waals surface area contributed by atoms with Crippen LogP contribution in [0.5, 0.6) is 0 Å². The van der Waals surface area contributed by atoms with Crippen molar-refractivity contribution >= 4 is 41.2 Å². The molecule has 0 saturated carbocycles. The summed E-state index contributed by atoms with van der Waals surface area (Å²) < 4.78 is 0. The van der Waals surface area contributed by atoms with E-state index in [2.05, 4.69) is 10.3 Å². The van der Waals surface area contributed by atoms with Crippen LogP contribution in [0.2, 0.25) is 0 Å². The molecular weight excluding hydrogens is 348 g/mol. The number of rotatable bonds is 6. The second-order valence-electron chi connectivity index (χ2n) is 4.81. The Labute approximate surface area is 151 Å². The number of nitrogens with zero attached hydrogens (tertiary/aromatic N) is 2. The fourth-order valence-corrected chi connectivity index (χ4v) is 2.81. The predicted molar refractivity (Wildman–Crippen MR) is 98.9 cm³/mol. The molecule has 0 unspecified atom stereocenters. The first kappa shape index (κ1) is 20.1. The van der Waals surface area contributed by atoms with Crippen molar-refractivity contribution < 1.29 is 9.59 Å². The number of hydrogen-bond acceptors (Lipinski definition) is 5. The molecule has 1 aromatic heterocycles. The van der Waals surface area contributed by atoms with Crippen LogP contribution < -0.4 is 11.1 Å². The van der Waals surface area contributed by atoms with E-state index in [0.717, 1.165) is 0 Å². The molecule has 1 heterocycles. The Kier molecular flexibility index (Phi) is 7.84. The number of thiazole rings is 1. The monoisotopic (exact) mass is 368 g/mol. The molecule has 0 bridgehead atoms. The molecule has 0 radical (unpaired) electrons. The van der Waals surface area contributed by atoms with Crippen molar-refractivity contribution in [3.05, 3.63) is 45.9 Å². The highest BCUT2D eigenvalue weighted by Gasteiger charge is 2.18. The van der Waals surface area contributed by atoms with E-state index in [-0.39, 0.29) is 24.2 Å². The molecule has 0 saturated heterocycles. The van der Waals surface area contributed by atoms with Crippen LogP contribution in [0, 0.1) is 0 Å². The van der Waals surface area contributed by atoms with Crippen molar-refractivity contribution in [1.82, 2.24) is 9.88 Å². The number of carbonyl (C=O) groups is 2. The van der Waals surface area contributed by atoms with Crippen molar-refractivity contribution in [2.45, 2.75) is 20.4 Å². The van der Waals surface area contributed by atoms with Gasteiger partial charge in [-0.25, -0.2) is 4.98 Å². The first-order chi connectivity index (χ1) is 11.1. The van der Waals surface area contributed by atoms with E-state index < -0.39 is 0 Å². The molecular formula is C16H21ClN4O2S. The normalized spacial score (nSPS) is 9.96. The van der Waals surface area contributed by atoms with Crippen LogP contribution in [-0.4, -0.2) is 34.8 Å². The molecule has 0 atom stereocenters. The number of carbonyl (C=O) groups excluding carboxylic acids is 2. The molecule has 1 aromatic carbocycles. The zero-order chi connectivity index (χ0) is 16.8. The van der Waals surface area contributed by atoms with Crippen molar-refractivity contribution in [1.29, 1.82) is 0 Å². The van der Waals surface area contributed by atoms with Gasteiger partial charge in [0.25, 0.3) is 11.8 Å². The fourth-order valence-electron chi connectivity index (χ4n) is 2.16. The van der Waals surface area contributed by atoms with Gasteiger partial charge >= 0.3 is 0 Å². The Morgan fingerprint density at radius 2 is 1.92 bits per heavy atom. The van der Waals surface area contributed by atoms with Gasteiger partial charge in [-0.05, 0) is 26.0 Å². The average Bonchev–Trinajstić information content (AvgIpc) is 3.05. The lowest BCUT2D eigenvalue weighted by molar-refractivity contribution is 0.0774. The highest BCUT2D eigenvalue weighted by Crippen LogP contribution is 2.19. The van der Waals surface area contributed by atoms with E-state index in [1.807, 2.05) is 13.8 Å². The van der Waals surface area contributed by atoms with Crippen LogP contribution in [0.25, 0.3) is 0 Å². The van der Waals surface area contributed by atoms with Gasteiger partial charge in [0.05, 0.1) is 11.3 Å². The number of para-hydroxylation sites is 1. The summed E-state index contributed by atoms with van der Waals surface area (Å²) in [5, 5.41) is 5.12. The second kappa shape index (κ2) is 9.36. The summed E-state index contributed by atoms with van der Waals surface area (Å²) in [5.41, 5.74) is 6.77. The number of halogens is 1. The van der Waals surface area contributed by atoms with Gasteiger partial charge in [-0.2, -0.15) is 0 Å². The number of amides is 2. The topological polar surface area (TPSA) is 88.3 Å². The molecule has 3 N–H and O–H groups in total. The van der Waals surface area contributed by atoms with Gasteiger partial charge in [0.2, 0.25) is 0 Å². The van der Waals surface area contributed by atoms with E-state index >= 15 is 0 Å². The van der Waals surface area contributed by atoms with E-state index in [1.54, 1.807) is 34.5 Å². The van der Waals surface area contributed by atoms with Gasteiger partial charge in [0, 0.05) is 25.0 Å². The number of aromatic nitrogens is 1. The Morgan fingerprint density at radius 3 is 2.50 bits per heavy atom. The lowest BCUT2D eigenvalue weighted by Crippen LogP contribution is -2.31. The summed E-state index contributed by atoms with van der Waals surface area (Å²) in [5.74, 6) is -0.451. The largest absolute Gasteiger partial charge is 0.339 e. The van der Waals surface area contributed by atoms with E-state index in [0.29, 0.717) is 41.6 Å². The number of anilines is 1. The van der Waals surface area contributed by atoms with Crippen molar-refractivity contribution in [2.75, 3.05) is 18.4 Å². The maximum absolute atomic E-state index is 12.5. The maximum Gasteiger partial charge on any atom is 0.275 e. The SMILES string of the molecule is CCN(CC)C(=O)c1ccccc1NC(=O)c1csc(CN)n1.Cl. The van der Waals surface area contributed by atoms with Gasteiger partial charge < -0.3 is 16.0 Å². The minimum Gasteiger partial charge on any atom is -0.339 e. The first-order valence-electron chi connectivity index (χ1n) is 7.44. The molecule has 0 spiro atoms. The quantitative estimate of drug-likeness (QED) is 0.820. The van der Waals surface area contributed by atoms with Gasteiger partial charge in [-0.15, -0.1) is 23.7 Å². The molecule has 8 heteroatoms. The zero-order valence-corrected chi connectivity index (χ0v) is 15.2. The Balaban J connectivity index is 0.00000288. The summed E-state index contributed by atoms with van der Waals surface area (Å²) in [4.78, 5) is 30.7. The standard InChI is InChI=1S/C16H20N4O2S.ClH/c1-3-20(4-2)16(22)11-7-5-6-8-12(11)19-15(21)13-10-23-14(9-17)18-13;/h5-8,10H,3-4,9,17H2,1-2H3,(H,19,21);1H. The molecule has 2 rings (SSSR count). The fraction of sp³-hybridized carbons (Fsp3) is 0.312. The molecule has 0 aliphatic heterocycles. The van der Waals surface area contributed by atoms with Gasteiger partial charge in [0.15, 0.2) is 0 Å². The van der Waals surface area contributed by atoms with Crippen LogP contribution in [-0.2, 0) is 6.54 Å². The summed E-state index contributed by atoms with van der Waals surface area (Å²) in [6.07, 6.45) is 0. The highest BCUT2D eigenvalue weighted by atomic mass is 35.5. The van der Waals surface area contributed by atoms with Gasteiger partial charge in [-0.1, -0.05) is 12.1 Å². The van der Waals surface area contributed by atoms with Crippen LogP contribution >= 0.6 is 23.7 Å². The molecule has 0 fully saturated rings. The average molecular weight is 369 g/mol. The molecule has 6 nitrogen and oxygen atoms in total. The summed E-state index contributed by atoms with van der Waals surface area (Å²) in [7, 11) is 0. The van der Waals surface area contributed by atoms with Gasteiger partial charge in [-0.3, -0.25) is 9.59 Å². The Bertz CT molecular complexity index is 701. The predicted octanol–water partition coefficient (Wildman–Crippen LogP) is 2.76. The lowest BCUT2D eigenvalue weighted by atomic mass is 10.1. The lowest BCUT2D eigenvalue weighted by Gasteiger charge is -2.20. The minimum atomic E-state index is -0.347. The molecule has 2 amide bonds. The number of nitrogens with two attached hydrogens (primary N) is 1. The molecule has 130 valence electrons. The zero-order valence-electron chi connectivity index (χ0n) is 13.6. The van der Waals surface area contributed by atoms with Gasteiger partial charge in [0.1, 0.15) is 10.7 Å². The van der Waals surface area contributed by atoms with E-state index in [9.17, 15) is 9.59 Å². The van der Waals surface area contributed by atoms with Crippen molar-refractivity contribution in [2.24, 2.45) is 5.73 Å². The van der Waals surface area contributed by atoms with Crippen LogP contribution in [0.3, 0.4) is 0 Å². The van der Waals surface area contributed by atoms with Crippen LogP contribution in [0.4, 0.5) is 5.69 Å². The van der Waals surface area contributed by atoms with Crippen molar-refractivity contribution in [3.8, 4) is 0 Å². The number of nitrogens with one attached hydrogen (secondary N) is 1. The molecule has 24 heavy (non-hydrogen) atoms. The van der Waals surface area contributed by atoms with E-state index in [4.69, 9.17) is 5.73 Å². The minimum absolute atomic E-state index is 0. The van der Waals surface area contributed by atoms with Crippen LogP contribution in [0.15, 0.2) is 29.6 Å². The molecule has 2 aromatic rings. The summed E-state index contributed by atoms with van der Waals surface area (Å²) >= 11 is 1.34. The molecule has 0 aliphatic carbocycles. The third-order valence-corrected chi connectivity index (χ3v) is 4.29. The van der Waals surface area contributed by atoms with Crippen molar-refractivity contribution in [3.63, 3.8) is 0 Å². The Hall–Kier alpha value is -1.96. The second-order valence-corrected chi connectivity index (χ2v) is 5.75. The first-order valence-corrected chi connectivity index (χ1v) is 8.32. The third kappa shape index (κ3) is 4.53. The molecule has 0 aliphatic rings. The summed E-state index contributed by atoms with van der Waals surface area (Å²) in [6.45, 7) is 5.38. The highest BCUT2D eigenvalue weighted by molar-refractivity contribution is 7.09. The maximum atomic E-state index is 12.5. The number of benzene rings is 1. The Morgan fingerprint density at radius 1 is 1.25 bits per heavy atom. The third-order valence-electron chi connectivity index (χ3n) is 3.42. The summed E-state index contributed by atoms with van der Waals surface area (Å²) in [6, 6.07) is 6.98.